The van der Waals surface area contributed by atoms with E-state index in [1.807, 2.05) is 11.0 Å². The number of rotatable bonds is 5. The van der Waals surface area contributed by atoms with E-state index in [2.05, 4.69) is 15.0 Å². The quantitative estimate of drug-likeness (QED) is 0.791. The van der Waals surface area contributed by atoms with Crippen LogP contribution in [0, 0.1) is 12.7 Å². The molecule has 0 unspecified atom stereocenters. The largest absolute Gasteiger partial charge is 0.372 e. The van der Waals surface area contributed by atoms with Crippen molar-refractivity contribution in [1.29, 1.82) is 0 Å². The van der Waals surface area contributed by atoms with E-state index in [0.29, 0.717) is 30.4 Å². The van der Waals surface area contributed by atoms with Crippen LogP contribution < -0.4 is 0 Å². The van der Waals surface area contributed by atoms with Gasteiger partial charge in [-0.25, -0.2) is 4.39 Å². The number of halogens is 1. The van der Waals surface area contributed by atoms with E-state index in [4.69, 9.17) is 9.26 Å². The Labute approximate surface area is 157 Å². The molecule has 7 nitrogen and oxygen atoms in total. The number of ether oxygens (including phenoxy) is 1. The molecule has 2 aromatic rings. The van der Waals surface area contributed by atoms with E-state index in [0.717, 1.165) is 19.5 Å². The lowest BCUT2D eigenvalue weighted by molar-refractivity contribution is -0.133. The van der Waals surface area contributed by atoms with Crippen LogP contribution >= 0.6 is 0 Å². The molecule has 0 saturated carbocycles. The molecule has 1 amide bonds. The minimum Gasteiger partial charge on any atom is -0.372 e. The van der Waals surface area contributed by atoms with Gasteiger partial charge in [0.2, 0.25) is 11.8 Å². The number of aromatic nitrogens is 2. The predicted octanol–water partition coefficient (Wildman–Crippen LogP) is 1.56. The lowest BCUT2D eigenvalue weighted by Crippen LogP contribution is -2.52. The Bertz CT molecular complexity index is 812. The third-order valence-electron chi connectivity index (χ3n) is 5.23. The third-order valence-corrected chi connectivity index (χ3v) is 5.23. The van der Waals surface area contributed by atoms with E-state index >= 15 is 0 Å². The van der Waals surface area contributed by atoms with Gasteiger partial charge < -0.3 is 14.2 Å². The molecule has 0 N–H and O–H groups in total. The number of benzene rings is 1. The molecule has 2 atom stereocenters. The summed E-state index contributed by atoms with van der Waals surface area (Å²) in [5, 5.41) is 3.72. The normalized spacial score (nSPS) is 22.8. The first-order valence-electron chi connectivity index (χ1n) is 9.24. The van der Waals surface area contributed by atoms with E-state index in [-0.39, 0.29) is 36.9 Å². The number of nitrogens with zero attached hydrogens (tertiary/aromatic N) is 4. The molecule has 0 aliphatic carbocycles. The Morgan fingerprint density at radius 2 is 2.19 bits per heavy atom. The lowest BCUT2D eigenvalue weighted by Gasteiger charge is -2.37. The van der Waals surface area contributed by atoms with E-state index in [1.54, 1.807) is 19.1 Å². The maximum absolute atomic E-state index is 13.7. The van der Waals surface area contributed by atoms with Gasteiger partial charge in [0.25, 0.3) is 0 Å². The number of fused-ring (bicyclic) bond motifs is 1. The van der Waals surface area contributed by atoms with Crippen molar-refractivity contribution in [3.05, 3.63) is 47.4 Å². The molecule has 2 saturated heterocycles. The Morgan fingerprint density at radius 3 is 2.96 bits per heavy atom. The molecule has 2 fully saturated rings. The smallest absolute Gasteiger partial charge is 0.236 e. The Hall–Kier alpha value is -2.32. The number of carbonyl (C=O) groups is 1. The van der Waals surface area contributed by atoms with Gasteiger partial charge in [-0.15, -0.1) is 0 Å². The summed E-state index contributed by atoms with van der Waals surface area (Å²) in [5.41, 5.74) is 0.578. The molecule has 8 heteroatoms. The van der Waals surface area contributed by atoms with Crippen LogP contribution in [0.3, 0.4) is 0 Å². The summed E-state index contributed by atoms with van der Waals surface area (Å²) in [5.74, 6) is 0.668. The third kappa shape index (κ3) is 4.17. The summed E-state index contributed by atoms with van der Waals surface area (Å²) in [6, 6.07) is 6.96. The number of piperazine rings is 1. The number of amides is 1. The average molecular weight is 374 g/mol. The highest BCUT2D eigenvalue weighted by Crippen LogP contribution is 2.25. The Kier molecular flexibility index (Phi) is 5.18. The fourth-order valence-corrected chi connectivity index (χ4v) is 3.82. The lowest BCUT2D eigenvalue weighted by atomic mass is 10.1. The minimum atomic E-state index is -0.235. The molecular formula is C19H23FN4O3. The van der Waals surface area contributed by atoms with E-state index in [9.17, 15) is 9.18 Å². The van der Waals surface area contributed by atoms with Crippen molar-refractivity contribution in [1.82, 2.24) is 19.9 Å². The molecule has 1 aromatic heterocycles. The monoisotopic (exact) mass is 374 g/mol. The SMILES string of the molecule is Cc1noc(CC(=O)N2CCN3C[C@H](OCc4ccccc4F)C[C@@H]3C2)n1. The summed E-state index contributed by atoms with van der Waals surface area (Å²) < 4.78 is 24.7. The van der Waals surface area contributed by atoms with Crippen LogP contribution in [0.25, 0.3) is 0 Å². The fourth-order valence-electron chi connectivity index (χ4n) is 3.82. The maximum Gasteiger partial charge on any atom is 0.236 e. The van der Waals surface area contributed by atoms with Crippen molar-refractivity contribution in [2.45, 2.75) is 38.5 Å². The average Bonchev–Trinajstić information content (AvgIpc) is 3.25. The highest BCUT2D eigenvalue weighted by molar-refractivity contribution is 5.78. The van der Waals surface area contributed by atoms with Crippen molar-refractivity contribution in [2.75, 3.05) is 26.2 Å². The zero-order valence-electron chi connectivity index (χ0n) is 15.3. The second-order valence-electron chi connectivity index (χ2n) is 7.16. The maximum atomic E-state index is 13.7. The van der Waals surface area contributed by atoms with Crippen molar-refractivity contribution < 1.29 is 18.4 Å². The van der Waals surface area contributed by atoms with Crippen LogP contribution in [-0.4, -0.2) is 64.2 Å². The van der Waals surface area contributed by atoms with Crippen molar-refractivity contribution >= 4 is 5.91 Å². The van der Waals surface area contributed by atoms with Crippen LogP contribution in [0.2, 0.25) is 0 Å². The summed E-state index contributed by atoms with van der Waals surface area (Å²) in [7, 11) is 0. The van der Waals surface area contributed by atoms with Gasteiger partial charge in [0, 0.05) is 37.8 Å². The zero-order chi connectivity index (χ0) is 18.8. The number of aryl methyl sites for hydroxylation is 1. The van der Waals surface area contributed by atoms with Gasteiger partial charge in [0.05, 0.1) is 12.7 Å². The first-order valence-corrected chi connectivity index (χ1v) is 9.24. The van der Waals surface area contributed by atoms with Gasteiger partial charge in [0.1, 0.15) is 12.2 Å². The Morgan fingerprint density at radius 1 is 1.33 bits per heavy atom. The molecular weight excluding hydrogens is 351 g/mol. The molecule has 0 radical (unpaired) electrons. The fraction of sp³-hybridized carbons (Fsp3) is 0.526. The Balaban J connectivity index is 1.29. The summed E-state index contributed by atoms with van der Waals surface area (Å²) >= 11 is 0. The van der Waals surface area contributed by atoms with E-state index in [1.165, 1.54) is 6.07 Å². The zero-order valence-corrected chi connectivity index (χ0v) is 15.3. The highest BCUT2D eigenvalue weighted by Gasteiger charge is 2.38. The van der Waals surface area contributed by atoms with Gasteiger partial charge in [-0.1, -0.05) is 23.4 Å². The van der Waals surface area contributed by atoms with Crippen LogP contribution in [0.1, 0.15) is 23.7 Å². The van der Waals surface area contributed by atoms with Crippen molar-refractivity contribution in [3.63, 3.8) is 0 Å². The summed E-state index contributed by atoms with van der Waals surface area (Å²) in [6.45, 7) is 5.00. The summed E-state index contributed by atoms with van der Waals surface area (Å²) in [6.07, 6.45) is 1.04. The van der Waals surface area contributed by atoms with Crippen LogP contribution in [0.15, 0.2) is 28.8 Å². The van der Waals surface area contributed by atoms with Gasteiger partial charge in [-0.2, -0.15) is 4.98 Å². The number of hydrogen-bond acceptors (Lipinski definition) is 6. The topological polar surface area (TPSA) is 71.7 Å². The molecule has 2 aliphatic heterocycles. The van der Waals surface area contributed by atoms with Gasteiger partial charge in [-0.3, -0.25) is 9.69 Å². The molecule has 2 aliphatic rings. The second kappa shape index (κ2) is 7.74. The minimum absolute atomic E-state index is 0.00836. The molecule has 4 rings (SSSR count). The second-order valence-corrected chi connectivity index (χ2v) is 7.16. The molecule has 0 spiro atoms. The van der Waals surface area contributed by atoms with E-state index < -0.39 is 0 Å². The standard InChI is InChI=1S/C19H23FN4O3/c1-13-21-18(27-22-13)9-19(25)24-7-6-23-11-16(8-15(23)10-24)26-12-14-4-2-3-5-17(14)20/h2-5,15-16H,6-12H2,1H3/t15-,16-/m1/s1. The molecule has 0 bridgehead atoms. The van der Waals surface area contributed by atoms with Crippen LogP contribution in [0.5, 0.6) is 0 Å². The number of carbonyl (C=O) groups excluding carboxylic acids is 1. The molecule has 144 valence electrons. The molecule has 1 aromatic carbocycles. The van der Waals surface area contributed by atoms with Crippen molar-refractivity contribution in [2.24, 2.45) is 0 Å². The highest BCUT2D eigenvalue weighted by atomic mass is 19.1. The first-order chi connectivity index (χ1) is 13.1. The van der Waals surface area contributed by atoms with Crippen molar-refractivity contribution in [3.8, 4) is 0 Å². The first kappa shape index (κ1) is 18.1. The van der Waals surface area contributed by atoms with Crippen LogP contribution in [-0.2, 0) is 22.6 Å². The molecule has 3 heterocycles. The molecule has 27 heavy (non-hydrogen) atoms. The van der Waals surface area contributed by atoms with Gasteiger partial charge in [-0.05, 0) is 19.4 Å². The number of hydrogen-bond donors (Lipinski definition) is 0. The predicted molar refractivity (Wildman–Crippen MR) is 94.3 cm³/mol. The van der Waals surface area contributed by atoms with Gasteiger partial charge >= 0.3 is 0 Å². The van der Waals surface area contributed by atoms with Crippen LogP contribution in [0.4, 0.5) is 4.39 Å². The van der Waals surface area contributed by atoms with Gasteiger partial charge in [0.15, 0.2) is 5.82 Å². The summed E-state index contributed by atoms with van der Waals surface area (Å²) in [4.78, 5) is 20.8.